The van der Waals surface area contributed by atoms with Crippen LogP contribution in [0.15, 0.2) is 48.5 Å². The van der Waals surface area contributed by atoms with Crippen molar-refractivity contribution in [1.82, 2.24) is 9.80 Å². The molecule has 0 atom stereocenters. The van der Waals surface area contributed by atoms with E-state index in [2.05, 4.69) is 34.1 Å². The van der Waals surface area contributed by atoms with E-state index in [1.807, 2.05) is 6.07 Å². The average molecular weight is 319 g/mol. The summed E-state index contributed by atoms with van der Waals surface area (Å²) in [6.07, 6.45) is 0. The predicted molar refractivity (Wildman–Crippen MR) is 88.4 cm³/mol. The number of hydrogen-bond donors (Lipinski definition) is 0. The van der Waals surface area contributed by atoms with E-state index in [1.54, 1.807) is 6.07 Å². The molecule has 1 aliphatic rings. The molecule has 0 aliphatic carbocycles. The van der Waals surface area contributed by atoms with Crippen molar-refractivity contribution in [2.45, 2.75) is 13.1 Å². The van der Waals surface area contributed by atoms with Crippen LogP contribution in [0.4, 0.5) is 4.39 Å². The van der Waals surface area contributed by atoms with Gasteiger partial charge in [-0.15, -0.1) is 0 Å². The Morgan fingerprint density at radius 2 is 1.50 bits per heavy atom. The second kappa shape index (κ2) is 7.23. The molecule has 1 heterocycles. The van der Waals surface area contributed by atoms with Gasteiger partial charge in [0.05, 0.1) is 0 Å². The molecule has 0 bridgehead atoms. The maximum atomic E-state index is 13.1. The van der Waals surface area contributed by atoms with Crippen LogP contribution in [0.2, 0.25) is 5.02 Å². The molecule has 4 heteroatoms. The fourth-order valence-electron chi connectivity index (χ4n) is 2.84. The van der Waals surface area contributed by atoms with Crippen LogP contribution in [0.3, 0.4) is 0 Å². The van der Waals surface area contributed by atoms with Gasteiger partial charge in [-0.25, -0.2) is 4.39 Å². The van der Waals surface area contributed by atoms with Crippen molar-refractivity contribution in [1.29, 1.82) is 0 Å². The zero-order chi connectivity index (χ0) is 15.4. The summed E-state index contributed by atoms with van der Waals surface area (Å²) in [5.74, 6) is -0.276. The van der Waals surface area contributed by atoms with Crippen LogP contribution in [0, 0.1) is 5.82 Å². The highest BCUT2D eigenvalue weighted by Crippen LogP contribution is 2.20. The molecule has 0 radical (unpaired) electrons. The van der Waals surface area contributed by atoms with Crippen LogP contribution < -0.4 is 0 Å². The molecule has 0 amide bonds. The van der Waals surface area contributed by atoms with Crippen molar-refractivity contribution in [3.05, 3.63) is 70.5 Å². The first kappa shape index (κ1) is 15.5. The summed E-state index contributed by atoms with van der Waals surface area (Å²) in [4.78, 5) is 4.85. The van der Waals surface area contributed by atoms with E-state index in [9.17, 15) is 4.39 Å². The number of piperazine rings is 1. The van der Waals surface area contributed by atoms with Crippen molar-refractivity contribution in [3.8, 4) is 0 Å². The summed E-state index contributed by atoms with van der Waals surface area (Å²) in [5, 5.41) is 0.520. The summed E-state index contributed by atoms with van der Waals surface area (Å²) in [6.45, 7) is 5.92. The minimum atomic E-state index is -0.276. The molecule has 0 unspecified atom stereocenters. The minimum Gasteiger partial charge on any atom is -0.297 e. The SMILES string of the molecule is Fc1ccc(CN2CCN(Cc3ccccc3)CC2)c(Cl)c1. The monoisotopic (exact) mass is 318 g/mol. The molecule has 0 saturated carbocycles. The molecule has 1 fully saturated rings. The van der Waals surface area contributed by atoms with Gasteiger partial charge in [-0.05, 0) is 23.3 Å². The molecule has 22 heavy (non-hydrogen) atoms. The predicted octanol–water partition coefficient (Wildman–Crippen LogP) is 3.80. The molecule has 2 aromatic carbocycles. The number of benzene rings is 2. The molecule has 0 aromatic heterocycles. The van der Waals surface area contributed by atoms with Crippen LogP contribution in [-0.2, 0) is 13.1 Å². The van der Waals surface area contributed by atoms with Crippen LogP contribution in [0.25, 0.3) is 0 Å². The van der Waals surface area contributed by atoms with Gasteiger partial charge in [-0.3, -0.25) is 9.80 Å². The van der Waals surface area contributed by atoms with Gasteiger partial charge in [0.1, 0.15) is 5.82 Å². The quantitative estimate of drug-likeness (QED) is 0.846. The molecule has 1 saturated heterocycles. The van der Waals surface area contributed by atoms with Crippen molar-refractivity contribution in [2.24, 2.45) is 0 Å². The van der Waals surface area contributed by atoms with E-state index < -0.39 is 0 Å². The Morgan fingerprint density at radius 1 is 0.864 bits per heavy atom. The first-order valence-corrected chi connectivity index (χ1v) is 8.01. The zero-order valence-electron chi connectivity index (χ0n) is 12.5. The molecular formula is C18H20ClFN2. The maximum absolute atomic E-state index is 13.1. The van der Waals surface area contributed by atoms with Crippen LogP contribution in [0.1, 0.15) is 11.1 Å². The van der Waals surface area contributed by atoms with Crippen molar-refractivity contribution in [3.63, 3.8) is 0 Å². The Kier molecular flexibility index (Phi) is 5.08. The highest BCUT2D eigenvalue weighted by molar-refractivity contribution is 6.31. The fraction of sp³-hybridized carbons (Fsp3) is 0.333. The molecule has 2 nitrogen and oxygen atoms in total. The molecule has 0 N–H and O–H groups in total. The lowest BCUT2D eigenvalue weighted by molar-refractivity contribution is 0.122. The first-order chi connectivity index (χ1) is 10.7. The summed E-state index contributed by atoms with van der Waals surface area (Å²) in [5.41, 5.74) is 2.36. The molecule has 1 aliphatic heterocycles. The summed E-state index contributed by atoms with van der Waals surface area (Å²) in [6, 6.07) is 15.2. The largest absolute Gasteiger partial charge is 0.297 e. The van der Waals surface area contributed by atoms with Crippen LogP contribution in [0.5, 0.6) is 0 Å². The molecule has 116 valence electrons. The van der Waals surface area contributed by atoms with Gasteiger partial charge in [0.15, 0.2) is 0 Å². The topological polar surface area (TPSA) is 6.48 Å². The summed E-state index contributed by atoms with van der Waals surface area (Å²) < 4.78 is 13.1. The van der Waals surface area contributed by atoms with Crippen LogP contribution in [-0.4, -0.2) is 36.0 Å². The lowest BCUT2D eigenvalue weighted by Crippen LogP contribution is -2.45. The van der Waals surface area contributed by atoms with E-state index in [0.717, 1.165) is 44.8 Å². The summed E-state index contributed by atoms with van der Waals surface area (Å²) in [7, 11) is 0. The highest BCUT2D eigenvalue weighted by Gasteiger charge is 2.17. The lowest BCUT2D eigenvalue weighted by atomic mass is 10.1. The molecule has 3 rings (SSSR count). The van der Waals surface area contributed by atoms with Gasteiger partial charge in [0.25, 0.3) is 0 Å². The van der Waals surface area contributed by atoms with Crippen molar-refractivity contribution < 1.29 is 4.39 Å². The Hall–Kier alpha value is -1.42. The van der Waals surface area contributed by atoms with E-state index in [0.29, 0.717) is 5.02 Å². The Labute approximate surface area is 136 Å². The number of halogens is 2. The summed E-state index contributed by atoms with van der Waals surface area (Å²) >= 11 is 6.11. The fourth-order valence-corrected chi connectivity index (χ4v) is 3.06. The number of nitrogens with zero attached hydrogens (tertiary/aromatic N) is 2. The normalized spacial score (nSPS) is 16.8. The Bertz CT molecular complexity index is 610. The Balaban J connectivity index is 1.51. The first-order valence-electron chi connectivity index (χ1n) is 7.63. The van der Waals surface area contributed by atoms with Gasteiger partial charge in [-0.1, -0.05) is 48.0 Å². The zero-order valence-corrected chi connectivity index (χ0v) is 13.3. The van der Waals surface area contributed by atoms with E-state index in [4.69, 9.17) is 11.6 Å². The van der Waals surface area contributed by atoms with Crippen molar-refractivity contribution >= 4 is 11.6 Å². The van der Waals surface area contributed by atoms with Gasteiger partial charge in [0, 0.05) is 44.3 Å². The minimum absolute atomic E-state index is 0.276. The lowest BCUT2D eigenvalue weighted by Gasteiger charge is -2.34. The van der Waals surface area contributed by atoms with E-state index in [-0.39, 0.29) is 5.82 Å². The third kappa shape index (κ3) is 4.07. The molecule has 2 aromatic rings. The van der Waals surface area contributed by atoms with E-state index in [1.165, 1.54) is 17.7 Å². The van der Waals surface area contributed by atoms with Gasteiger partial charge >= 0.3 is 0 Å². The average Bonchev–Trinajstić information content (AvgIpc) is 2.53. The maximum Gasteiger partial charge on any atom is 0.124 e. The van der Waals surface area contributed by atoms with Gasteiger partial charge in [0.2, 0.25) is 0 Å². The van der Waals surface area contributed by atoms with Gasteiger partial charge in [-0.2, -0.15) is 0 Å². The molecule has 0 spiro atoms. The standard InChI is InChI=1S/C18H20ClFN2/c19-18-12-17(20)7-6-16(18)14-22-10-8-21(9-11-22)13-15-4-2-1-3-5-15/h1-7,12H,8-11,13-14H2. The number of hydrogen-bond acceptors (Lipinski definition) is 2. The number of rotatable bonds is 4. The molecular weight excluding hydrogens is 299 g/mol. The van der Waals surface area contributed by atoms with E-state index >= 15 is 0 Å². The third-order valence-corrected chi connectivity index (χ3v) is 4.47. The highest BCUT2D eigenvalue weighted by atomic mass is 35.5. The second-order valence-electron chi connectivity index (χ2n) is 5.77. The smallest absolute Gasteiger partial charge is 0.124 e. The third-order valence-electron chi connectivity index (χ3n) is 4.12. The second-order valence-corrected chi connectivity index (χ2v) is 6.18. The van der Waals surface area contributed by atoms with Gasteiger partial charge < -0.3 is 0 Å². The van der Waals surface area contributed by atoms with Crippen LogP contribution >= 0.6 is 11.6 Å². The van der Waals surface area contributed by atoms with Crippen molar-refractivity contribution in [2.75, 3.05) is 26.2 Å². The Morgan fingerprint density at radius 3 is 2.14 bits per heavy atom.